The summed E-state index contributed by atoms with van der Waals surface area (Å²) in [5.74, 6) is -1.000. The zero-order valence-corrected chi connectivity index (χ0v) is 10.6. The molecule has 0 aromatic rings. The standard InChI is InChI=1S/C11H17F3N2O3/c1-2-3-10(8(17)18)4-5-16(7-10)9(19)15-6-11(12,13)14/h2-7H2,1H3,(H,15,19)(H,17,18). The highest BCUT2D eigenvalue weighted by atomic mass is 19.4. The number of carbonyl (C=O) groups is 2. The Hall–Kier alpha value is -1.47. The zero-order chi connectivity index (χ0) is 14.7. The predicted octanol–water partition coefficient (Wildman–Crippen LogP) is 1.84. The zero-order valence-electron chi connectivity index (χ0n) is 10.6. The number of rotatable bonds is 4. The first kappa shape index (κ1) is 15.6. The number of nitrogens with zero attached hydrogens (tertiary/aromatic N) is 1. The number of alkyl halides is 3. The van der Waals surface area contributed by atoms with Crippen molar-refractivity contribution in [1.82, 2.24) is 10.2 Å². The molecule has 1 atom stereocenters. The molecule has 0 spiro atoms. The molecular formula is C11H17F3N2O3. The van der Waals surface area contributed by atoms with Gasteiger partial charge in [-0.2, -0.15) is 13.2 Å². The van der Waals surface area contributed by atoms with Crippen molar-refractivity contribution in [3.8, 4) is 0 Å². The van der Waals surface area contributed by atoms with E-state index in [1.807, 2.05) is 6.92 Å². The van der Waals surface area contributed by atoms with Crippen molar-refractivity contribution in [3.63, 3.8) is 0 Å². The molecule has 0 aromatic heterocycles. The Bertz CT molecular complexity index is 360. The largest absolute Gasteiger partial charge is 0.481 e. The Morgan fingerprint density at radius 2 is 2.05 bits per heavy atom. The van der Waals surface area contributed by atoms with Crippen molar-refractivity contribution < 1.29 is 27.9 Å². The van der Waals surface area contributed by atoms with E-state index in [4.69, 9.17) is 0 Å². The molecule has 0 saturated carbocycles. The Morgan fingerprint density at radius 1 is 1.42 bits per heavy atom. The fourth-order valence-corrected chi connectivity index (χ4v) is 2.30. The molecule has 0 aliphatic carbocycles. The highest BCUT2D eigenvalue weighted by Crippen LogP contribution is 2.35. The van der Waals surface area contributed by atoms with E-state index < -0.39 is 30.1 Å². The SMILES string of the molecule is CCCC1(C(=O)O)CCN(C(=O)NCC(F)(F)F)C1. The number of halogens is 3. The van der Waals surface area contributed by atoms with Crippen LogP contribution in [0.5, 0.6) is 0 Å². The summed E-state index contributed by atoms with van der Waals surface area (Å²) in [6.07, 6.45) is -3.14. The topological polar surface area (TPSA) is 69.6 Å². The molecule has 0 aromatic carbocycles. The lowest BCUT2D eigenvalue weighted by Crippen LogP contribution is -2.44. The highest BCUT2D eigenvalue weighted by Gasteiger charge is 2.45. The number of amides is 2. The van der Waals surface area contributed by atoms with Crippen LogP contribution >= 0.6 is 0 Å². The summed E-state index contributed by atoms with van der Waals surface area (Å²) in [6, 6.07) is -0.864. The Kier molecular flexibility index (Phi) is 4.65. The first-order chi connectivity index (χ1) is 8.70. The van der Waals surface area contributed by atoms with E-state index in [1.165, 1.54) is 0 Å². The van der Waals surface area contributed by atoms with Gasteiger partial charge < -0.3 is 15.3 Å². The van der Waals surface area contributed by atoms with Crippen LogP contribution in [0, 0.1) is 5.41 Å². The second kappa shape index (κ2) is 5.66. The van der Waals surface area contributed by atoms with Gasteiger partial charge in [-0.25, -0.2) is 4.79 Å². The molecule has 2 N–H and O–H groups in total. The van der Waals surface area contributed by atoms with Crippen molar-refractivity contribution in [2.24, 2.45) is 5.41 Å². The average molecular weight is 282 g/mol. The number of urea groups is 1. The molecule has 5 nitrogen and oxygen atoms in total. The highest BCUT2D eigenvalue weighted by molar-refractivity contribution is 5.79. The molecule has 0 bridgehead atoms. The van der Waals surface area contributed by atoms with Crippen LogP contribution in [0.4, 0.5) is 18.0 Å². The van der Waals surface area contributed by atoms with Crippen LogP contribution in [-0.2, 0) is 4.79 Å². The van der Waals surface area contributed by atoms with Crippen molar-refractivity contribution in [1.29, 1.82) is 0 Å². The van der Waals surface area contributed by atoms with Crippen LogP contribution < -0.4 is 5.32 Å². The van der Waals surface area contributed by atoms with Gasteiger partial charge in [0.2, 0.25) is 0 Å². The van der Waals surface area contributed by atoms with Crippen LogP contribution in [-0.4, -0.2) is 47.8 Å². The predicted molar refractivity (Wildman–Crippen MR) is 60.6 cm³/mol. The lowest BCUT2D eigenvalue weighted by Gasteiger charge is -2.24. The van der Waals surface area contributed by atoms with Gasteiger partial charge in [0.05, 0.1) is 5.41 Å². The molecule has 1 aliphatic rings. The minimum absolute atomic E-state index is 0.0418. The Balaban J connectivity index is 2.59. The molecule has 2 amide bonds. The minimum atomic E-state index is -4.47. The normalized spacial score (nSPS) is 23.5. The van der Waals surface area contributed by atoms with E-state index in [0.29, 0.717) is 12.8 Å². The smallest absolute Gasteiger partial charge is 0.405 e. The van der Waals surface area contributed by atoms with Gasteiger partial charge in [0, 0.05) is 13.1 Å². The molecule has 0 radical (unpaired) electrons. The molecule has 1 saturated heterocycles. The fourth-order valence-electron chi connectivity index (χ4n) is 2.30. The molecule has 1 heterocycles. The number of likely N-dealkylation sites (tertiary alicyclic amines) is 1. The van der Waals surface area contributed by atoms with Crippen molar-refractivity contribution in [2.45, 2.75) is 32.4 Å². The van der Waals surface area contributed by atoms with Gasteiger partial charge in [0.1, 0.15) is 6.54 Å². The second-order valence-corrected chi connectivity index (χ2v) is 4.78. The summed E-state index contributed by atoms with van der Waals surface area (Å²) in [5, 5.41) is 11.0. The Labute approximate surface area is 108 Å². The molecule has 1 fully saturated rings. The van der Waals surface area contributed by atoms with Gasteiger partial charge in [-0.1, -0.05) is 13.3 Å². The summed E-state index contributed by atoms with van der Waals surface area (Å²) < 4.78 is 35.9. The summed E-state index contributed by atoms with van der Waals surface area (Å²) in [5.41, 5.74) is -1.02. The van der Waals surface area contributed by atoms with Gasteiger partial charge in [0.25, 0.3) is 0 Å². The molecule has 1 unspecified atom stereocenters. The second-order valence-electron chi connectivity index (χ2n) is 4.78. The lowest BCUT2D eigenvalue weighted by molar-refractivity contribution is -0.148. The lowest BCUT2D eigenvalue weighted by atomic mass is 9.83. The number of nitrogens with one attached hydrogen (secondary N) is 1. The average Bonchev–Trinajstić information content (AvgIpc) is 2.71. The van der Waals surface area contributed by atoms with E-state index in [9.17, 15) is 27.9 Å². The number of carboxylic acid groups (broad SMARTS) is 1. The van der Waals surface area contributed by atoms with Crippen LogP contribution in [0.2, 0.25) is 0 Å². The van der Waals surface area contributed by atoms with Crippen LogP contribution in [0.15, 0.2) is 0 Å². The molecular weight excluding hydrogens is 265 g/mol. The van der Waals surface area contributed by atoms with Crippen molar-refractivity contribution in [2.75, 3.05) is 19.6 Å². The summed E-state index contributed by atoms with van der Waals surface area (Å²) >= 11 is 0. The summed E-state index contributed by atoms with van der Waals surface area (Å²) in [4.78, 5) is 23.9. The minimum Gasteiger partial charge on any atom is -0.481 e. The number of carbonyl (C=O) groups excluding carboxylic acids is 1. The van der Waals surface area contributed by atoms with Gasteiger partial charge in [-0.15, -0.1) is 0 Å². The first-order valence-corrected chi connectivity index (χ1v) is 6.03. The number of hydrogen-bond donors (Lipinski definition) is 2. The van der Waals surface area contributed by atoms with E-state index in [2.05, 4.69) is 0 Å². The van der Waals surface area contributed by atoms with E-state index in [1.54, 1.807) is 5.32 Å². The van der Waals surface area contributed by atoms with E-state index in [-0.39, 0.29) is 19.5 Å². The van der Waals surface area contributed by atoms with Crippen molar-refractivity contribution in [3.05, 3.63) is 0 Å². The maximum absolute atomic E-state index is 12.0. The van der Waals surface area contributed by atoms with Gasteiger partial charge in [0.15, 0.2) is 0 Å². The summed E-state index contributed by atoms with van der Waals surface area (Å²) in [6.45, 7) is 0.545. The van der Waals surface area contributed by atoms with Gasteiger partial charge >= 0.3 is 18.2 Å². The summed E-state index contributed by atoms with van der Waals surface area (Å²) in [7, 11) is 0. The molecule has 1 rings (SSSR count). The third-order valence-corrected chi connectivity index (χ3v) is 3.26. The van der Waals surface area contributed by atoms with E-state index >= 15 is 0 Å². The third-order valence-electron chi connectivity index (χ3n) is 3.26. The fraction of sp³-hybridized carbons (Fsp3) is 0.818. The molecule has 19 heavy (non-hydrogen) atoms. The van der Waals surface area contributed by atoms with Gasteiger partial charge in [-0.3, -0.25) is 4.79 Å². The monoisotopic (exact) mass is 282 g/mol. The maximum atomic E-state index is 12.0. The van der Waals surface area contributed by atoms with Crippen LogP contribution in [0.1, 0.15) is 26.2 Å². The number of carboxylic acids is 1. The molecule has 110 valence electrons. The Morgan fingerprint density at radius 3 is 2.53 bits per heavy atom. The number of aliphatic carboxylic acids is 1. The molecule has 8 heteroatoms. The van der Waals surface area contributed by atoms with Crippen molar-refractivity contribution >= 4 is 12.0 Å². The van der Waals surface area contributed by atoms with Crippen LogP contribution in [0.25, 0.3) is 0 Å². The third kappa shape index (κ3) is 4.00. The number of hydrogen-bond acceptors (Lipinski definition) is 2. The quantitative estimate of drug-likeness (QED) is 0.826. The first-order valence-electron chi connectivity index (χ1n) is 6.03. The van der Waals surface area contributed by atoms with Crippen LogP contribution in [0.3, 0.4) is 0 Å². The molecule has 1 aliphatic heterocycles. The van der Waals surface area contributed by atoms with E-state index in [0.717, 1.165) is 4.90 Å². The maximum Gasteiger partial charge on any atom is 0.405 e. The van der Waals surface area contributed by atoms with Gasteiger partial charge in [-0.05, 0) is 12.8 Å².